The van der Waals surface area contributed by atoms with E-state index >= 15 is 0 Å². The van der Waals surface area contributed by atoms with Crippen LogP contribution >= 0.6 is 0 Å². The Labute approximate surface area is 381 Å². The Morgan fingerprint density at radius 3 is 1.34 bits per heavy atom. The van der Waals surface area contributed by atoms with Crippen molar-refractivity contribution < 1.29 is 38.2 Å². The predicted octanol–water partition coefficient (Wildman–Crippen LogP) is 14.3. The maximum absolute atomic E-state index is 12.8. The molecule has 0 bridgehead atoms. The van der Waals surface area contributed by atoms with Gasteiger partial charge in [0.05, 0.1) is 34.4 Å². The van der Waals surface area contributed by atoms with Gasteiger partial charge in [-0.3, -0.25) is 9.59 Å². The van der Waals surface area contributed by atoms with Gasteiger partial charge in [-0.1, -0.05) is 170 Å². The lowest BCUT2D eigenvalue weighted by Gasteiger charge is -2.31. The molecule has 0 saturated carbocycles. The number of rotatable bonds is 44. The molecule has 8 heteroatoms. The van der Waals surface area contributed by atoms with Gasteiger partial charge in [-0.15, -0.1) is 0 Å². The molecule has 356 valence electrons. The van der Waals surface area contributed by atoms with Gasteiger partial charge in [-0.05, 0) is 83.5 Å². The Kier molecular flexibility index (Phi) is 42.1. The van der Waals surface area contributed by atoms with Crippen LogP contribution in [-0.2, 0) is 28.6 Å². The van der Waals surface area contributed by atoms with E-state index in [1.54, 1.807) is 0 Å². The number of carbonyl (C=O) groups excluding carboxylic acids is 2. The highest BCUT2D eigenvalue weighted by atomic mass is 16.6. The molecule has 0 aromatic carbocycles. The molecule has 0 aromatic rings. The monoisotopic (exact) mass is 869 g/mol. The number of quaternary nitrogens is 1. The molecule has 8 nitrogen and oxygen atoms in total. The van der Waals surface area contributed by atoms with Crippen molar-refractivity contribution in [2.24, 2.45) is 0 Å². The number of unbranched alkanes of at least 4 members (excludes halogenated alkanes) is 18. The molecule has 0 aliphatic carbocycles. The average Bonchev–Trinajstić information content (AvgIpc) is 3.23. The van der Waals surface area contributed by atoms with E-state index in [1.807, 2.05) is 21.1 Å². The van der Waals surface area contributed by atoms with Crippen LogP contribution in [0.3, 0.4) is 0 Å². The minimum absolute atomic E-state index is 0.0522. The lowest BCUT2D eigenvalue weighted by Crippen LogP contribution is -2.50. The molecule has 62 heavy (non-hydrogen) atoms. The van der Waals surface area contributed by atoms with Crippen molar-refractivity contribution in [3.8, 4) is 0 Å². The van der Waals surface area contributed by atoms with Crippen molar-refractivity contribution in [3.63, 3.8) is 0 Å². The standard InChI is InChI=1S/C54H93NO7/c1-6-8-10-12-14-16-18-20-22-23-24-25-26-27-28-29-31-33-35-37-39-41-43-45-53(57)62-50(48-60-47-46-51(54(58)59)55(3,4)5)49-61-52(56)44-42-40-38-36-34-32-30-21-19-17-15-13-11-9-7-2/h8,10,14-17,20-22,24-25,30,50-51H,6-7,9,11-13,18-19,23,26-29,31-49H2,1-5H3/p+1/b10-8-,16-14-,17-15-,22-20-,25-24-,30-21-. The quantitative estimate of drug-likeness (QED) is 0.0282. The molecule has 0 fully saturated rings. The van der Waals surface area contributed by atoms with Crippen molar-refractivity contribution in [1.29, 1.82) is 0 Å². The fourth-order valence-electron chi connectivity index (χ4n) is 6.99. The van der Waals surface area contributed by atoms with Gasteiger partial charge in [0, 0.05) is 19.3 Å². The number of carbonyl (C=O) groups is 3. The number of carboxylic acid groups (broad SMARTS) is 1. The summed E-state index contributed by atoms with van der Waals surface area (Å²) in [7, 11) is 5.52. The van der Waals surface area contributed by atoms with Crippen molar-refractivity contribution in [2.75, 3.05) is 41.0 Å². The van der Waals surface area contributed by atoms with Crippen LogP contribution < -0.4 is 0 Å². The topological polar surface area (TPSA) is 99.1 Å². The van der Waals surface area contributed by atoms with Gasteiger partial charge in [-0.25, -0.2) is 4.79 Å². The molecular weight excluding hydrogens is 775 g/mol. The third kappa shape index (κ3) is 42.1. The molecule has 0 amide bonds. The number of nitrogens with zero attached hydrogens (tertiary/aromatic N) is 1. The molecular formula is C54H94NO7+. The second kappa shape index (κ2) is 44.4. The molecule has 0 saturated heterocycles. The fourth-order valence-corrected chi connectivity index (χ4v) is 6.99. The number of ether oxygens (including phenoxy) is 3. The third-order valence-electron chi connectivity index (χ3n) is 10.8. The molecule has 2 unspecified atom stereocenters. The smallest absolute Gasteiger partial charge is 0.362 e. The summed E-state index contributed by atoms with van der Waals surface area (Å²) in [5.74, 6) is -1.49. The van der Waals surface area contributed by atoms with E-state index in [1.165, 1.54) is 77.0 Å². The number of hydrogen-bond acceptors (Lipinski definition) is 6. The summed E-state index contributed by atoms with van der Waals surface area (Å²) in [5.41, 5.74) is 0. The van der Waals surface area contributed by atoms with Gasteiger partial charge in [0.15, 0.2) is 12.1 Å². The van der Waals surface area contributed by atoms with Crippen LogP contribution in [0.5, 0.6) is 0 Å². The Hall–Kier alpha value is -3.23. The van der Waals surface area contributed by atoms with Crippen LogP contribution in [0.1, 0.15) is 200 Å². The zero-order valence-corrected chi connectivity index (χ0v) is 40.6. The minimum atomic E-state index is -0.879. The Morgan fingerprint density at radius 1 is 0.500 bits per heavy atom. The van der Waals surface area contributed by atoms with Crippen molar-refractivity contribution in [2.45, 2.75) is 212 Å². The SMILES string of the molecule is CC/C=C\C/C=C\C/C=C\C/C=C\CCCCCCCCCCCCC(=O)OC(COCCC(C(=O)O)[N+](C)(C)C)COC(=O)CCCCCCC/C=C\C/C=C\CCCCC. The summed E-state index contributed by atoms with van der Waals surface area (Å²) in [6.45, 7) is 4.58. The molecule has 1 N–H and O–H groups in total. The van der Waals surface area contributed by atoms with Gasteiger partial charge >= 0.3 is 17.9 Å². The van der Waals surface area contributed by atoms with E-state index in [0.29, 0.717) is 19.3 Å². The lowest BCUT2D eigenvalue weighted by atomic mass is 10.0. The van der Waals surface area contributed by atoms with Crippen molar-refractivity contribution >= 4 is 17.9 Å². The maximum Gasteiger partial charge on any atom is 0.362 e. The second-order valence-electron chi connectivity index (χ2n) is 17.7. The van der Waals surface area contributed by atoms with E-state index in [2.05, 4.69) is 86.8 Å². The summed E-state index contributed by atoms with van der Waals surface area (Å²) in [6.07, 6.45) is 56.6. The zero-order chi connectivity index (χ0) is 45.6. The van der Waals surface area contributed by atoms with Crippen LogP contribution in [0.2, 0.25) is 0 Å². The van der Waals surface area contributed by atoms with Gasteiger partial charge < -0.3 is 23.8 Å². The van der Waals surface area contributed by atoms with Crippen LogP contribution in [-0.4, -0.2) is 80.6 Å². The number of allylic oxidation sites excluding steroid dienone is 12. The highest BCUT2D eigenvalue weighted by Gasteiger charge is 2.31. The van der Waals surface area contributed by atoms with Crippen LogP contribution in [0, 0.1) is 0 Å². The summed E-state index contributed by atoms with van der Waals surface area (Å²) < 4.78 is 17.3. The van der Waals surface area contributed by atoms with E-state index < -0.39 is 18.1 Å². The summed E-state index contributed by atoms with van der Waals surface area (Å²) >= 11 is 0. The second-order valence-corrected chi connectivity index (χ2v) is 17.7. The number of carboxylic acids is 1. The Morgan fingerprint density at radius 2 is 0.903 bits per heavy atom. The van der Waals surface area contributed by atoms with Gasteiger partial charge in [-0.2, -0.15) is 0 Å². The molecule has 0 radical (unpaired) electrons. The van der Waals surface area contributed by atoms with E-state index in [9.17, 15) is 19.5 Å². The third-order valence-corrected chi connectivity index (χ3v) is 10.8. The van der Waals surface area contributed by atoms with Gasteiger partial charge in [0.1, 0.15) is 6.61 Å². The number of hydrogen-bond donors (Lipinski definition) is 1. The largest absolute Gasteiger partial charge is 0.477 e. The lowest BCUT2D eigenvalue weighted by molar-refractivity contribution is -0.887. The van der Waals surface area contributed by atoms with Crippen LogP contribution in [0.4, 0.5) is 0 Å². The summed E-state index contributed by atoms with van der Waals surface area (Å²) in [5, 5.41) is 9.65. The molecule has 0 heterocycles. The number of likely N-dealkylation sites (N-methyl/N-ethyl adjacent to an activating group) is 1. The molecule has 0 aliphatic heterocycles. The van der Waals surface area contributed by atoms with E-state index in [0.717, 1.165) is 89.9 Å². The highest BCUT2D eigenvalue weighted by molar-refractivity contribution is 5.72. The first kappa shape index (κ1) is 58.8. The Balaban J connectivity index is 4.27. The van der Waals surface area contributed by atoms with Crippen LogP contribution in [0.25, 0.3) is 0 Å². The predicted molar refractivity (Wildman–Crippen MR) is 261 cm³/mol. The van der Waals surface area contributed by atoms with Crippen molar-refractivity contribution in [1.82, 2.24) is 0 Å². The Bertz CT molecular complexity index is 1240. The summed E-state index contributed by atoms with van der Waals surface area (Å²) in [4.78, 5) is 37.1. The molecule has 2 atom stereocenters. The average molecular weight is 869 g/mol. The maximum atomic E-state index is 12.8. The highest BCUT2D eigenvalue weighted by Crippen LogP contribution is 2.14. The molecule has 0 aromatic heterocycles. The molecule has 0 rings (SSSR count). The first-order chi connectivity index (χ1) is 30.1. The van der Waals surface area contributed by atoms with Crippen LogP contribution in [0.15, 0.2) is 72.9 Å². The number of esters is 2. The van der Waals surface area contributed by atoms with Gasteiger partial charge in [0.2, 0.25) is 0 Å². The normalized spacial score (nSPS) is 13.5. The van der Waals surface area contributed by atoms with E-state index in [4.69, 9.17) is 14.2 Å². The molecule has 0 aliphatic rings. The summed E-state index contributed by atoms with van der Waals surface area (Å²) in [6, 6.07) is -0.621. The zero-order valence-electron chi connectivity index (χ0n) is 40.6. The molecule has 0 spiro atoms. The van der Waals surface area contributed by atoms with E-state index in [-0.39, 0.29) is 36.2 Å². The first-order valence-electron chi connectivity index (χ1n) is 25.0. The fraction of sp³-hybridized carbons (Fsp3) is 0.722. The number of aliphatic carboxylic acids is 1. The first-order valence-corrected chi connectivity index (χ1v) is 25.0. The van der Waals surface area contributed by atoms with Gasteiger partial charge in [0.25, 0.3) is 0 Å². The van der Waals surface area contributed by atoms with Crippen molar-refractivity contribution in [3.05, 3.63) is 72.9 Å². The minimum Gasteiger partial charge on any atom is -0.477 e.